The molecule has 0 atom stereocenters. The predicted molar refractivity (Wildman–Crippen MR) is 122 cm³/mol. The Kier molecular flexibility index (Phi) is 5.05. The van der Waals surface area contributed by atoms with Gasteiger partial charge in [0.2, 0.25) is 0 Å². The van der Waals surface area contributed by atoms with Crippen LogP contribution in [-0.2, 0) is 6.54 Å². The molecule has 1 aromatic heterocycles. The molecule has 0 radical (unpaired) electrons. The summed E-state index contributed by atoms with van der Waals surface area (Å²) in [7, 11) is 0. The fraction of sp³-hybridized carbons (Fsp3) is 0.0400. The second-order valence-corrected chi connectivity index (χ2v) is 7.34. The number of anilines is 1. The first-order chi connectivity index (χ1) is 15.7. The molecule has 5 rings (SSSR count). The van der Waals surface area contributed by atoms with Gasteiger partial charge in [-0.15, -0.1) is 0 Å². The van der Waals surface area contributed by atoms with E-state index in [4.69, 9.17) is 0 Å². The summed E-state index contributed by atoms with van der Waals surface area (Å²) in [4.78, 5) is 30.4. The number of carbonyl (C=O) groups is 1. The van der Waals surface area contributed by atoms with Gasteiger partial charge in [-0.1, -0.05) is 48.5 Å². The summed E-state index contributed by atoms with van der Waals surface area (Å²) < 4.78 is 3.17. The Labute approximate surface area is 183 Å². The average molecular weight is 421 g/mol. The topological polar surface area (TPSA) is 81.8 Å². The van der Waals surface area contributed by atoms with Gasteiger partial charge in [-0.2, -0.15) is 9.78 Å². The quantitative estimate of drug-likeness (QED) is 0.468. The maximum Gasteiger partial charge on any atom is 0.282 e. The standard InChI is InChI=1S/C25H19N5O2/c31-24(27-19-10-7-13-26-14-19)21-16-29(15-18-8-3-1-4-9-18)17-22-23(21)28-30(25(22)32)20-11-5-2-6-12-20/h1-14,16-17H,15H2,(H,27,31). The summed E-state index contributed by atoms with van der Waals surface area (Å²) >= 11 is 0. The summed E-state index contributed by atoms with van der Waals surface area (Å²) in [5.41, 5.74) is 3.03. The molecule has 32 heavy (non-hydrogen) atoms. The minimum Gasteiger partial charge on any atom is -0.348 e. The Morgan fingerprint density at radius 2 is 1.66 bits per heavy atom. The molecule has 3 aromatic rings. The maximum absolute atomic E-state index is 13.2. The van der Waals surface area contributed by atoms with Crippen molar-refractivity contribution >= 4 is 11.6 Å². The molecular weight excluding hydrogens is 402 g/mol. The zero-order chi connectivity index (χ0) is 21.9. The molecule has 2 aromatic carbocycles. The molecule has 2 aliphatic rings. The summed E-state index contributed by atoms with van der Waals surface area (Å²) in [6.45, 7) is 0.514. The number of nitrogens with zero attached hydrogens (tertiary/aromatic N) is 4. The molecule has 2 aliphatic heterocycles. The molecule has 156 valence electrons. The number of aromatic nitrogens is 4. The molecule has 1 amide bonds. The SMILES string of the molecule is O=C(Nc1cccnc1)c1cn(Cc2ccccc2)cc2c(=O)n(-c3ccccc3)nc1-2. The number of hydrogen-bond acceptors (Lipinski definition) is 4. The molecule has 0 unspecified atom stereocenters. The van der Waals surface area contributed by atoms with Crippen LogP contribution in [0.2, 0.25) is 0 Å². The third kappa shape index (κ3) is 3.79. The first kappa shape index (κ1) is 19.4. The van der Waals surface area contributed by atoms with E-state index in [9.17, 15) is 9.59 Å². The molecule has 0 saturated carbocycles. The van der Waals surface area contributed by atoms with Gasteiger partial charge < -0.3 is 9.88 Å². The van der Waals surface area contributed by atoms with Gasteiger partial charge in [0.1, 0.15) is 5.69 Å². The van der Waals surface area contributed by atoms with Crippen LogP contribution < -0.4 is 10.9 Å². The Bertz CT molecular complexity index is 1390. The molecule has 7 heteroatoms. The van der Waals surface area contributed by atoms with Crippen molar-refractivity contribution in [3.63, 3.8) is 0 Å². The van der Waals surface area contributed by atoms with E-state index in [1.165, 1.54) is 4.68 Å². The predicted octanol–water partition coefficient (Wildman–Crippen LogP) is 3.83. The molecule has 0 saturated heterocycles. The number of fused-ring (bicyclic) bond motifs is 1. The van der Waals surface area contributed by atoms with Crippen molar-refractivity contribution < 1.29 is 4.79 Å². The number of pyridine rings is 2. The van der Waals surface area contributed by atoms with Crippen molar-refractivity contribution in [2.75, 3.05) is 5.32 Å². The van der Waals surface area contributed by atoms with Crippen LogP contribution in [-0.4, -0.2) is 25.2 Å². The smallest absolute Gasteiger partial charge is 0.282 e. The number of rotatable bonds is 5. The van der Waals surface area contributed by atoms with Gasteiger partial charge in [-0.25, -0.2) is 0 Å². The van der Waals surface area contributed by atoms with Crippen LogP contribution >= 0.6 is 0 Å². The van der Waals surface area contributed by atoms with Gasteiger partial charge in [0, 0.05) is 25.1 Å². The first-order valence-electron chi connectivity index (χ1n) is 10.1. The number of amides is 1. The molecule has 3 heterocycles. The lowest BCUT2D eigenvalue weighted by Crippen LogP contribution is -2.18. The second kappa shape index (κ2) is 8.31. The van der Waals surface area contributed by atoms with Crippen LogP contribution in [0.25, 0.3) is 16.9 Å². The van der Waals surface area contributed by atoms with Crippen LogP contribution in [0.3, 0.4) is 0 Å². The van der Waals surface area contributed by atoms with Gasteiger partial charge in [0.25, 0.3) is 11.5 Å². The molecule has 1 N–H and O–H groups in total. The second-order valence-electron chi connectivity index (χ2n) is 7.34. The highest BCUT2D eigenvalue weighted by Crippen LogP contribution is 2.24. The van der Waals surface area contributed by atoms with Crippen molar-refractivity contribution in [2.24, 2.45) is 0 Å². The summed E-state index contributed by atoms with van der Waals surface area (Å²) in [6, 6.07) is 22.5. The van der Waals surface area contributed by atoms with E-state index in [1.54, 1.807) is 49.1 Å². The number of benzene rings is 2. The Morgan fingerprint density at radius 1 is 0.906 bits per heavy atom. The van der Waals surface area contributed by atoms with Gasteiger partial charge >= 0.3 is 0 Å². The molecule has 0 aliphatic carbocycles. The van der Waals surface area contributed by atoms with Gasteiger partial charge in [0.05, 0.1) is 28.7 Å². The number of carbonyl (C=O) groups excluding carboxylic acids is 1. The van der Waals surface area contributed by atoms with Gasteiger partial charge in [-0.3, -0.25) is 14.6 Å². The molecule has 0 fully saturated rings. The van der Waals surface area contributed by atoms with Crippen LogP contribution in [0.5, 0.6) is 0 Å². The van der Waals surface area contributed by atoms with Crippen LogP contribution in [0.4, 0.5) is 5.69 Å². The van der Waals surface area contributed by atoms with Gasteiger partial charge in [0.15, 0.2) is 0 Å². The van der Waals surface area contributed by atoms with E-state index in [2.05, 4.69) is 15.4 Å². The van der Waals surface area contributed by atoms with Crippen molar-refractivity contribution in [3.8, 4) is 16.9 Å². The van der Waals surface area contributed by atoms with E-state index in [1.807, 2.05) is 53.1 Å². The summed E-state index contributed by atoms with van der Waals surface area (Å²) in [6.07, 6.45) is 6.67. The minimum atomic E-state index is -0.358. The van der Waals surface area contributed by atoms with Crippen molar-refractivity contribution in [2.45, 2.75) is 6.54 Å². The lowest BCUT2D eigenvalue weighted by atomic mass is 10.1. The van der Waals surface area contributed by atoms with E-state index in [0.717, 1.165) is 5.56 Å². The zero-order valence-corrected chi connectivity index (χ0v) is 17.1. The Hall–Kier alpha value is -4.52. The fourth-order valence-corrected chi connectivity index (χ4v) is 3.59. The maximum atomic E-state index is 13.2. The molecular formula is C25H19N5O2. The van der Waals surface area contributed by atoms with E-state index in [-0.39, 0.29) is 11.5 Å². The highest BCUT2D eigenvalue weighted by Gasteiger charge is 2.24. The van der Waals surface area contributed by atoms with E-state index in [0.29, 0.717) is 34.7 Å². The number of hydrogen-bond donors (Lipinski definition) is 1. The molecule has 0 bridgehead atoms. The highest BCUT2D eigenvalue weighted by atomic mass is 16.2. The van der Waals surface area contributed by atoms with Crippen molar-refractivity contribution in [1.29, 1.82) is 0 Å². The highest BCUT2D eigenvalue weighted by molar-refractivity contribution is 6.08. The van der Waals surface area contributed by atoms with E-state index >= 15 is 0 Å². The first-order valence-corrected chi connectivity index (χ1v) is 10.1. The monoisotopic (exact) mass is 421 g/mol. The Balaban J connectivity index is 1.64. The lowest BCUT2D eigenvalue weighted by molar-refractivity contribution is 0.102. The largest absolute Gasteiger partial charge is 0.348 e. The normalized spacial score (nSPS) is 10.9. The van der Waals surface area contributed by atoms with Gasteiger partial charge in [-0.05, 0) is 29.8 Å². The summed E-state index contributed by atoms with van der Waals surface area (Å²) in [5, 5.41) is 7.35. The lowest BCUT2D eigenvalue weighted by Gasteiger charge is -2.13. The van der Waals surface area contributed by atoms with E-state index < -0.39 is 0 Å². The third-order valence-corrected chi connectivity index (χ3v) is 5.10. The summed E-state index contributed by atoms with van der Waals surface area (Å²) in [5.74, 6) is -0.358. The number of para-hydroxylation sites is 1. The zero-order valence-electron chi connectivity index (χ0n) is 17.1. The van der Waals surface area contributed by atoms with Crippen LogP contribution in [0.1, 0.15) is 15.9 Å². The molecule has 0 spiro atoms. The molecule has 7 nitrogen and oxygen atoms in total. The average Bonchev–Trinajstić information content (AvgIpc) is 3.17. The minimum absolute atomic E-state index is 0.274. The Morgan fingerprint density at radius 3 is 2.38 bits per heavy atom. The van der Waals surface area contributed by atoms with Crippen LogP contribution in [0, 0.1) is 0 Å². The van der Waals surface area contributed by atoms with Crippen molar-refractivity contribution in [1.82, 2.24) is 19.3 Å². The fourth-order valence-electron chi connectivity index (χ4n) is 3.59. The van der Waals surface area contributed by atoms with Crippen molar-refractivity contribution in [3.05, 3.63) is 119 Å². The van der Waals surface area contributed by atoms with Crippen LogP contribution in [0.15, 0.2) is 102 Å². The third-order valence-electron chi connectivity index (χ3n) is 5.10. The number of nitrogens with one attached hydrogen (secondary N) is 1.